The molecule has 0 aliphatic carbocycles. The van der Waals surface area contributed by atoms with E-state index in [2.05, 4.69) is 20.0 Å². The topological polar surface area (TPSA) is 157 Å². The third kappa shape index (κ3) is 3.91. The van der Waals surface area contributed by atoms with E-state index in [1.807, 2.05) is 0 Å². The number of anilines is 2. The molecule has 13 heteroatoms. The van der Waals surface area contributed by atoms with Crippen LogP contribution in [0.25, 0.3) is 0 Å². The minimum atomic E-state index is -4.71. The van der Waals surface area contributed by atoms with Crippen molar-refractivity contribution in [3.05, 3.63) is 47.5 Å². The van der Waals surface area contributed by atoms with Gasteiger partial charge in [-0.3, -0.25) is 14.6 Å². The minimum Gasteiger partial charge on any atom is -0.744 e. The number of fused-ring (bicyclic) bond motifs is 2. The zero-order valence-electron chi connectivity index (χ0n) is 14.3. The van der Waals surface area contributed by atoms with Gasteiger partial charge in [0.1, 0.15) is 22.2 Å². The van der Waals surface area contributed by atoms with Crippen LogP contribution in [-0.4, -0.2) is 54.0 Å². The first-order valence-electron chi connectivity index (χ1n) is 7.78. The largest absolute Gasteiger partial charge is 3.00 e. The Balaban J connectivity index is 0.00000240. The van der Waals surface area contributed by atoms with Gasteiger partial charge in [-0.2, -0.15) is 4.33 Å². The molecule has 0 radical (unpaired) electrons. The van der Waals surface area contributed by atoms with Gasteiger partial charge in [-0.25, -0.2) is 8.42 Å². The molecule has 0 saturated heterocycles. The van der Waals surface area contributed by atoms with Crippen molar-refractivity contribution in [2.24, 2.45) is 0 Å². The summed E-state index contributed by atoms with van der Waals surface area (Å²) in [6.07, 6.45) is 0. The van der Waals surface area contributed by atoms with Crippen molar-refractivity contribution in [1.82, 2.24) is 0 Å². The molecule has 4 rings (SSSR count). The number of carbonyl (C=O) groups excluding carboxylic acids is 2. The molecule has 10 nitrogen and oxygen atoms in total. The molecule has 2 N–H and O–H groups in total. The van der Waals surface area contributed by atoms with Gasteiger partial charge in [0.15, 0.2) is 11.6 Å². The van der Waals surface area contributed by atoms with Crippen LogP contribution in [0.3, 0.4) is 0 Å². The second kappa shape index (κ2) is 8.06. The van der Waals surface area contributed by atoms with Gasteiger partial charge in [-0.15, -0.1) is 0 Å². The molecule has 0 fully saturated rings. The van der Waals surface area contributed by atoms with E-state index in [-0.39, 0.29) is 28.7 Å². The summed E-state index contributed by atoms with van der Waals surface area (Å²) < 4.78 is 37.8. The van der Waals surface area contributed by atoms with E-state index in [9.17, 15) is 27.8 Å². The molecule has 0 bridgehead atoms. The van der Waals surface area contributed by atoms with Crippen molar-refractivity contribution in [2.45, 2.75) is 21.9 Å². The zero-order valence-corrected chi connectivity index (χ0v) is 17.1. The molecule has 2 unspecified atom stereocenters. The predicted octanol–water partition coefficient (Wildman–Crippen LogP) is 0.0943. The Kier molecular flexibility index (Phi) is 6.04. The van der Waals surface area contributed by atoms with E-state index in [1.165, 1.54) is 12.1 Å². The summed E-state index contributed by atoms with van der Waals surface area (Å²) in [6, 6.07) is 6.20. The second-order valence-electron chi connectivity index (χ2n) is 6.06. The van der Waals surface area contributed by atoms with E-state index in [4.69, 9.17) is 0 Å². The first kappa shape index (κ1) is 21.8. The van der Waals surface area contributed by atoms with Crippen LogP contribution in [0.4, 0.5) is 11.4 Å². The Morgan fingerprint density at radius 2 is 1.48 bits per heavy atom. The first-order valence-corrected chi connectivity index (χ1v) is 9.93. The number of hydrogen-bond acceptors (Lipinski definition) is 11. The van der Waals surface area contributed by atoms with Gasteiger partial charge in [0.2, 0.25) is 0 Å². The van der Waals surface area contributed by atoms with Crippen LogP contribution in [0.15, 0.2) is 46.2 Å². The number of ketones is 2. The fourth-order valence-corrected chi connectivity index (χ4v) is 4.13. The van der Waals surface area contributed by atoms with Crippen molar-refractivity contribution in [3.63, 3.8) is 0 Å². The second-order valence-corrected chi connectivity index (χ2v) is 8.21. The number of Topliss-reactive ketones (excluding diaryl/α,β-unsaturated/α-hetero) is 2. The van der Waals surface area contributed by atoms with E-state index < -0.39 is 32.9 Å². The van der Waals surface area contributed by atoms with Crippen LogP contribution in [0, 0.1) is 0 Å². The zero-order chi connectivity index (χ0) is 20.1. The van der Waals surface area contributed by atoms with E-state index >= 15 is 0 Å². The fraction of sp³-hybridized carbons (Fsp3) is 0.125. The average molecular weight is 449 g/mol. The van der Waals surface area contributed by atoms with Crippen LogP contribution in [0.2, 0.25) is 0 Å². The summed E-state index contributed by atoms with van der Waals surface area (Å²) in [6.45, 7) is 0. The van der Waals surface area contributed by atoms with Gasteiger partial charge in [0.25, 0.3) is 0 Å². The maximum absolute atomic E-state index is 12.8. The van der Waals surface area contributed by atoms with Gasteiger partial charge in [0.05, 0.1) is 16.9 Å². The SMILES string of the molecule is O=C1c2cc(SOO[O-])ccc2NC1C1Nc2ccc(S(=O)(=O)[O-])cc2C1=O.[Al+3]. The van der Waals surface area contributed by atoms with Gasteiger partial charge in [-0.1, -0.05) is 0 Å². The molecule has 0 amide bonds. The van der Waals surface area contributed by atoms with E-state index in [1.54, 1.807) is 12.1 Å². The van der Waals surface area contributed by atoms with Crippen molar-refractivity contribution in [1.29, 1.82) is 0 Å². The molecule has 0 aromatic heterocycles. The summed E-state index contributed by atoms with van der Waals surface area (Å²) in [4.78, 5) is 25.5. The van der Waals surface area contributed by atoms with Crippen molar-refractivity contribution >= 4 is 62.5 Å². The van der Waals surface area contributed by atoms with Crippen LogP contribution < -0.4 is 15.9 Å². The molecular formula is C16H10AlN2O8S2+. The molecule has 2 aromatic carbocycles. The summed E-state index contributed by atoms with van der Waals surface area (Å²) in [5.74, 6) is -0.868. The molecule has 2 aliphatic rings. The Labute approximate surface area is 179 Å². The molecule has 2 heterocycles. The van der Waals surface area contributed by atoms with Gasteiger partial charge in [0, 0.05) is 27.4 Å². The summed E-state index contributed by atoms with van der Waals surface area (Å²) in [5.41, 5.74) is 1.17. The molecule has 0 saturated carbocycles. The molecular weight excluding hydrogens is 439 g/mol. The summed E-state index contributed by atoms with van der Waals surface area (Å²) >= 11 is 0.632. The molecule has 0 spiro atoms. The predicted molar refractivity (Wildman–Crippen MR) is 98.1 cm³/mol. The summed E-state index contributed by atoms with van der Waals surface area (Å²) in [5, 5.41) is 19.1. The van der Waals surface area contributed by atoms with Gasteiger partial charge in [-0.05, 0) is 36.4 Å². The van der Waals surface area contributed by atoms with Crippen LogP contribution in [-0.2, 0) is 19.5 Å². The fourth-order valence-electron chi connectivity index (χ4n) is 3.24. The number of nitrogens with one attached hydrogen (secondary N) is 2. The normalized spacial score (nSPS) is 19.8. The van der Waals surface area contributed by atoms with Gasteiger partial charge < -0.3 is 20.4 Å². The first-order chi connectivity index (χ1) is 13.3. The van der Waals surface area contributed by atoms with E-state index in [0.717, 1.165) is 12.1 Å². The quantitative estimate of drug-likeness (QED) is 0.210. The van der Waals surface area contributed by atoms with Crippen molar-refractivity contribution < 1.29 is 37.2 Å². The monoisotopic (exact) mass is 449 g/mol. The Morgan fingerprint density at radius 3 is 2.03 bits per heavy atom. The maximum atomic E-state index is 12.8. The molecule has 2 aromatic rings. The van der Waals surface area contributed by atoms with Crippen molar-refractivity contribution in [3.8, 4) is 0 Å². The number of rotatable bonds is 5. The number of benzene rings is 2. The Bertz CT molecular complexity index is 1110. The third-order valence-electron chi connectivity index (χ3n) is 4.48. The standard InChI is InChI=1S/C16H12N2O8S2.Al/c19-15-9-5-7(27-26-25-21)1-3-11(9)17-13(15)14-16(20)10-6-8(28(22,23)24)2-4-12(10)18-14;/h1-6,13-14,17-18,21H,(H,22,23,24);/q;+3/p-2. The van der Waals surface area contributed by atoms with Gasteiger partial charge >= 0.3 is 17.4 Å². The van der Waals surface area contributed by atoms with Crippen LogP contribution >= 0.6 is 12.0 Å². The maximum Gasteiger partial charge on any atom is 3.00 e. The number of carbonyl (C=O) groups is 2. The third-order valence-corrected chi connectivity index (χ3v) is 5.88. The molecule has 29 heavy (non-hydrogen) atoms. The molecule has 2 aliphatic heterocycles. The Hall–Kier alpha value is -1.95. The van der Waals surface area contributed by atoms with Crippen molar-refractivity contribution in [2.75, 3.05) is 10.6 Å². The van der Waals surface area contributed by atoms with Crippen LogP contribution in [0.5, 0.6) is 0 Å². The minimum absolute atomic E-state index is 0. The Morgan fingerprint density at radius 1 is 0.931 bits per heavy atom. The smallest absolute Gasteiger partial charge is 0.744 e. The molecule has 146 valence electrons. The molecule has 2 atom stereocenters. The average Bonchev–Trinajstić information content (AvgIpc) is 3.16. The van der Waals surface area contributed by atoms with E-state index in [0.29, 0.717) is 33.9 Å². The summed E-state index contributed by atoms with van der Waals surface area (Å²) in [7, 11) is -4.71. The van der Waals surface area contributed by atoms with Crippen LogP contribution in [0.1, 0.15) is 20.7 Å². The number of hydrogen-bond donors (Lipinski definition) is 2.